The third-order valence-electron chi connectivity index (χ3n) is 4.46. The molecule has 0 aromatic rings. The lowest BCUT2D eigenvalue weighted by atomic mass is 9.76. The van der Waals surface area contributed by atoms with Crippen molar-refractivity contribution in [2.24, 2.45) is 11.1 Å². The van der Waals surface area contributed by atoms with Gasteiger partial charge in [0.25, 0.3) is 0 Å². The summed E-state index contributed by atoms with van der Waals surface area (Å²) in [5.74, 6) is 0. The van der Waals surface area contributed by atoms with Crippen molar-refractivity contribution in [1.82, 2.24) is 0 Å². The standard InChI is InChI=1S/C15H31NO2/c1-4-15(17,12-16)8-5-11-18-13-6-9-14(2,3)10-7-13/h13,17H,4-12,16H2,1-3H3. The second-order valence-electron chi connectivity index (χ2n) is 6.62. The van der Waals surface area contributed by atoms with Crippen molar-refractivity contribution in [1.29, 1.82) is 0 Å². The molecule has 0 heterocycles. The maximum absolute atomic E-state index is 10.1. The van der Waals surface area contributed by atoms with Gasteiger partial charge in [0, 0.05) is 13.2 Å². The van der Waals surface area contributed by atoms with Gasteiger partial charge in [-0.25, -0.2) is 0 Å². The molecule has 1 aliphatic carbocycles. The van der Waals surface area contributed by atoms with Gasteiger partial charge in [0.05, 0.1) is 11.7 Å². The lowest BCUT2D eigenvalue weighted by Crippen LogP contribution is -2.37. The number of hydrogen-bond donors (Lipinski definition) is 2. The summed E-state index contributed by atoms with van der Waals surface area (Å²) in [5.41, 5.74) is 5.40. The smallest absolute Gasteiger partial charge is 0.0767 e. The molecule has 0 spiro atoms. The van der Waals surface area contributed by atoms with E-state index in [1.807, 2.05) is 6.92 Å². The fourth-order valence-corrected chi connectivity index (χ4v) is 2.61. The summed E-state index contributed by atoms with van der Waals surface area (Å²) in [6.45, 7) is 7.77. The Hall–Kier alpha value is -0.120. The molecule has 0 radical (unpaired) electrons. The van der Waals surface area contributed by atoms with Gasteiger partial charge in [-0.3, -0.25) is 0 Å². The van der Waals surface area contributed by atoms with Crippen molar-refractivity contribution in [3.8, 4) is 0 Å². The zero-order chi connectivity index (χ0) is 13.6. The van der Waals surface area contributed by atoms with E-state index in [0.29, 0.717) is 18.1 Å². The monoisotopic (exact) mass is 257 g/mol. The zero-order valence-corrected chi connectivity index (χ0v) is 12.4. The Kier molecular flexibility index (Phi) is 6.09. The molecule has 0 amide bonds. The number of ether oxygens (including phenoxy) is 1. The van der Waals surface area contributed by atoms with Crippen LogP contribution in [0.4, 0.5) is 0 Å². The molecule has 1 atom stereocenters. The maximum Gasteiger partial charge on any atom is 0.0767 e. The Morgan fingerprint density at radius 1 is 1.33 bits per heavy atom. The molecular weight excluding hydrogens is 226 g/mol. The Balaban J connectivity index is 2.12. The van der Waals surface area contributed by atoms with Gasteiger partial charge in [-0.05, 0) is 50.4 Å². The summed E-state index contributed by atoms with van der Waals surface area (Å²) >= 11 is 0. The normalized spacial score (nSPS) is 23.8. The molecule has 1 unspecified atom stereocenters. The molecule has 1 aliphatic rings. The summed E-state index contributed by atoms with van der Waals surface area (Å²) in [6, 6.07) is 0. The van der Waals surface area contributed by atoms with Crippen molar-refractivity contribution < 1.29 is 9.84 Å². The number of aliphatic hydroxyl groups is 1. The Labute approximate surface area is 112 Å². The quantitative estimate of drug-likeness (QED) is 0.690. The van der Waals surface area contributed by atoms with Crippen LogP contribution in [0, 0.1) is 5.41 Å². The SMILES string of the molecule is CCC(O)(CN)CCCOC1CCC(C)(C)CC1. The minimum atomic E-state index is -0.683. The molecule has 0 aliphatic heterocycles. The summed E-state index contributed by atoms with van der Waals surface area (Å²) in [5, 5.41) is 10.1. The van der Waals surface area contributed by atoms with E-state index in [1.165, 1.54) is 25.7 Å². The van der Waals surface area contributed by atoms with E-state index < -0.39 is 5.60 Å². The molecule has 3 N–H and O–H groups in total. The Bertz CT molecular complexity index is 227. The Morgan fingerprint density at radius 2 is 1.94 bits per heavy atom. The van der Waals surface area contributed by atoms with E-state index >= 15 is 0 Å². The molecule has 3 nitrogen and oxygen atoms in total. The van der Waals surface area contributed by atoms with Crippen LogP contribution in [0.2, 0.25) is 0 Å². The van der Waals surface area contributed by atoms with E-state index in [-0.39, 0.29) is 0 Å². The first-order valence-corrected chi connectivity index (χ1v) is 7.45. The van der Waals surface area contributed by atoms with Crippen molar-refractivity contribution in [2.75, 3.05) is 13.2 Å². The van der Waals surface area contributed by atoms with Gasteiger partial charge < -0.3 is 15.6 Å². The highest BCUT2D eigenvalue weighted by atomic mass is 16.5. The number of hydrogen-bond acceptors (Lipinski definition) is 3. The van der Waals surface area contributed by atoms with Crippen LogP contribution in [0.1, 0.15) is 65.7 Å². The minimum absolute atomic E-state index is 0.348. The maximum atomic E-state index is 10.1. The van der Waals surface area contributed by atoms with Gasteiger partial charge in [0.2, 0.25) is 0 Å². The fourth-order valence-electron chi connectivity index (χ4n) is 2.61. The van der Waals surface area contributed by atoms with Crippen molar-refractivity contribution in [2.45, 2.75) is 77.4 Å². The molecule has 0 saturated heterocycles. The minimum Gasteiger partial charge on any atom is -0.389 e. The summed E-state index contributed by atoms with van der Waals surface area (Å²) < 4.78 is 5.91. The van der Waals surface area contributed by atoms with Crippen molar-refractivity contribution in [3.05, 3.63) is 0 Å². The molecule has 3 heteroatoms. The van der Waals surface area contributed by atoms with Crippen LogP contribution in [0.25, 0.3) is 0 Å². The lowest BCUT2D eigenvalue weighted by Gasteiger charge is -2.34. The highest BCUT2D eigenvalue weighted by molar-refractivity contribution is 4.80. The van der Waals surface area contributed by atoms with E-state index in [1.54, 1.807) is 0 Å². The van der Waals surface area contributed by atoms with Crippen LogP contribution in [0.3, 0.4) is 0 Å². The van der Waals surface area contributed by atoms with Crippen LogP contribution in [-0.2, 0) is 4.74 Å². The topological polar surface area (TPSA) is 55.5 Å². The first kappa shape index (κ1) is 15.9. The van der Waals surface area contributed by atoms with E-state index in [9.17, 15) is 5.11 Å². The number of rotatable bonds is 7. The predicted molar refractivity (Wildman–Crippen MR) is 75.5 cm³/mol. The van der Waals surface area contributed by atoms with Crippen LogP contribution in [0.15, 0.2) is 0 Å². The fraction of sp³-hybridized carbons (Fsp3) is 1.00. The Morgan fingerprint density at radius 3 is 2.44 bits per heavy atom. The van der Waals surface area contributed by atoms with Crippen LogP contribution < -0.4 is 5.73 Å². The predicted octanol–water partition coefficient (Wildman–Crippen LogP) is 2.85. The van der Waals surface area contributed by atoms with Crippen LogP contribution >= 0.6 is 0 Å². The van der Waals surface area contributed by atoms with Gasteiger partial charge in [-0.1, -0.05) is 20.8 Å². The average molecular weight is 257 g/mol. The van der Waals surface area contributed by atoms with E-state index in [4.69, 9.17) is 10.5 Å². The van der Waals surface area contributed by atoms with Gasteiger partial charge in [0.1, 0.15) is 0 Å². The van der Waals surface area contributed by atoms with E-state index in [0.717, 1.165) is 25.9 Å². The molecular formula is C15H31NO2. The highest BCUT2D eigenvalue weighted by Gasteiger charge is 2.27. The first-order valence-electron chi connectivity index (χ1n) is 7.45. The highest BCUT2D eigenvalue weighted by Crippen LogP contribution is 2.36. The number of nitrogens with two attached hydrogens (primary N) is 1. The second-order valence-corrected chi connectivity index (χ2v) is 6.62. The molecule has 108 valence electrons. The van der Waals surface area contributed by atoms with Crippen molar-refractivity contribution >= 4 is 0 Å². The lowest BCUT2D eigenvalue weighted by molar-refractivity contribution is -0.0135. The van der Waals surface area contributed by atoms with Crippen LogP contribution in [0.5, 0.6) is 0 Å². The van der Waals surface area contributed by atoms with Gasteiger partial charge in [-0.2, -0.15) is 0 Å². The molecule has 0 aromatic carbocycles. The molecule has 0 bridgehead atoms. The first-order chi connectivity index (χ1) is 8.41. The zero-order valence-electron chi connectivity index (χ0n) is 12.4. The van der Waals surface area contributed by atoms with E-state index in [2.05, 4.69) is 13.8 Å². The average Bonchev–Trinajstić information content (AvgIpc) is 2.36. The largest absolute Gasteiger partial charge is 0.389 e. The third-order valence-corrected chi connectivity index (χ3v) is 4.46. The molecule has 18 heavy (non-hydrogen) atoms. The van der Waals surface area contributed by atoms with Gasteiger partial charge >= 0.3 is 0 Å². The van der Waals surface area contributed by atoms with Gasteiger partial charge in [0.15, 0.2) is 0 Å². The van der Waals surface area contributed by atoms with Crippen LogP contribution in [-0.4, -0.2) is 30.0 Å². The summed E-state index contributed by atoms with van der Waals surface area (Å²) in [6.07, 6.45) is 7.70. The summed E-state index contributed by atoms with van der Waals surface area (Å²) in [7, 11) is 0. The molecule has 1 saturated carbocycles. The molecule has 1 rings (SSSR count). The third kappa shape index (κ3) is 5.25. The van der Waals surface area contributed by atoms with Crippen molar-refractivity contribution in [3.63, 3.8) is 0 Å². The summed E-state index contributed by atoms with van der Waals surface area (Å²) in [4.78, 5) is 0. The molecule has 0 aromatic heterocycles. The molecule has 1 fully saturated rings. The van der Waals surface area contributed by atoms with Gasteiger partial charge in [-0.15, -0.1) is 0 Å². The second kappa shape index (κ2) is 6.88.